The molecule has 3 heterocycles. The van der Waals surface area contributed by atoms with Crippen molar-refractivity contribution in [3.8, 4) is 5.75 Å². The van der Waals surface area contributed by atoms with Crippen molar-refractivity contribution in [2.75, 3.05) is 32.8 Å². The van der Waals surface area contributed by atoms with Crippen molar-refractivity contribution in [1.82, 2.24) is 14.8 Å². The molecule has 0 saturated carbocycles. The summed E-state index contributed by atoms with van der Waals surface area (Å²) < 4.78 is 5.61. The molecular formula is C24H27N3O2. The predicted octanol–water partition coefficient (Wildman–Crippen LogP) is 3.49. The molecule has 0 unspecified atom stereocenters. The van der Waals surface area contributed by atoms with Gasteiger partial charge in [-0.15, -0.1) is 0 Å². The van der Waals surface area contributed by atoms with Gasteiger partial charge >= 0.3 is 0 Å². The number of aromatic amines is 1. The van der Waals surface area contributed by atoms with Gasteiger partial charge in [-0.05, 0) is 30.2 Å². The van der Waals surface area contributed by atoms with E-state index >= 15 is 0 Å². The molecule has 0 radical (unpaired) electrons. The SMILES string of the molecule is C[C@@H](C(=O)c1c[nH]c2ccccc12)N1CCN(Cc2ccc3c(c2)CCO3)CC1. The molecular weight excluding hydrogens is 362 g/mol. The molecule has 2 aliphatic heterocycles. The van der Waals surface area contributed by atoms with E-state index in [1.165, 1.54) is 11.1 Å². The van der Waals surface area contributed by atoms with Crippen molar-refractivity contribution in [1.29, 1.82) is 0 Å². The Balaban J connectivity index is 1.20. The second kappa shape index (κ2) is 7.65. The number of aromatic nitrogens is 1. The second-order valence-electron chi connectivity index (χ2n) is 8.14. The van der Waals surface area contributed by atoms with Gasteiger partial charge in [-0.25, -0.2) is 0 Å². The first-order valence-corrected chi connectivity index (χ1v) is 10.5. The summed E-state index contributed by atoms with van der Waals surface area (Å²) in [6, 6.07) is 14.5. The van der Waals surface area contributed by atoms with E-state index in [0.29, 0.717) is 0 Å². The molecule has 1 atom stereocenters. The van der Waals surface area contributed by atoms with Gasteiger partial charge in [0.2, 0.25) is 0 Å². The van der Waals surface area contributed by atoms with Crippen LogP contribution in [0.5, 0.6) is 5.75 Å². The number of hydrogen-bond acceptors (Lipinski definition) is 4. The molecule has 3 aromatic rings. The second-order valence-corrected chi connectivity index (χ2v) is 8.14. The molecule has 150 valence electrons. The van der Waals surface area contributed by atoms with Crippen LogP contribution in [0.25, 0.3) is 10.9 Å². The fourth-order valence-corrected chi connectivity index (χ4v) is 4.57. The van der Waals surface area contributed by atoms with Crippen molar-refractivity contribution >= 4 is 16.7 Å². The number of H-pyrrole nitrogens is 1. The van der Waals surface area contributed by atoms with Crippen LogP contribution in [0.4, 0.5) is 0 Å². The van der Waals surface area contributed by atoms with Crippen molar-refractivity contribution in [3.05, 3.63) is 65.4 Å². The third kappa shape index (κ3) is 3.56. The highest BCUT2D eigenvalue weighted by atomic mass is 16.5. The van der Waals surface area contributed by atoms with E-state index in [4.69, 9.17) is 4.74 Å². The minimum absolute atomic E-state index is 0.103. The highest BCUT2D eigenvalue weighted by Gasteiger charge is 2.27. The van der Waals surface area contributed by atoms with Crippen LogP contribution in [-0.4, -0.2) is 59.4 Å². The van der Waals surface area contributed by atoms with Crippen LogP contribution in [0.3, 0.4) is 0 Å². The van der Waals surface area contributed by atoms with Crippen LogP contribution in [0.2, 0.25) is 0 Å². The quantitative estimate of drug-likeness (QED) is 0.679. The van der Waals surface area contributed by atoms with Gasteiger partial charge in [-0.2, -0.15) is 0 Å². The van der Waals surface area contributed by atoms with Crippen molar-refractivity contribution in [3.63, 3.8) is 0 Å². The van der Waals surface area contributed by atoms with Gasteiger partial charge in [0.15, 0.2) is 5.78 Å². The minimum Gasteiger partial charge on any atom is -0.493 e. The van der Waals surface area contributed by atoms with Gasteiger partial charge in [-0.3, -0.25) is 14.6 Å². The Morgan fingerprint density at radius 1 is 1.14 bits per heavy atom. The minimum atomic E-state index is -0.103. The van der Waals surface area contributed by atoms with Gasteiger partial charge in [0.25, 0.3) is 0 Å². The van der Waals surface area contributed by atoms with Gasteiger partial charge in [0.05, 0.1) is 12.6 Å². The smallest absolute Gasteiger partial charge is 0.181 e. The molecule has 5 rings (SSSR count). The van der Waals surface area contributed by atoms with Crippen molar-refractivity contribution < 1.29 is 9.53 Å². The lowest BCUT2D eigenvalue weighted by Gasteiger charge is -2.37. The van der Waals surface area contributed by atoms with E-state index in [2.05, 4.69) is 33.0 Å². The highest BCUT2D eigenvalue weighted by Crippen LogP contribution is 2.27. The number of para-hydroxylation sites is 1. The number of nitrogens with zero attached hydrogens (tertiary/aromatic N) is 2. The molecule has 2 aliphatic rings. The molecule has 1 saturated heterocycles. The summed E-state index contributed by atoms with van der Waals surface area (Å²) in [5.41, 5.74) is 4.51. The fraction of sp³-hybridized carbons (Fsp3) is 0.375. The van der Waals surface area contributed by atoms with E-state index in [0.717, 1.165) is 68.0 Å². The number of rotatable bonds is 5. The molecule has 0 amide bonds. The Morgan fingerprint density at radius 3 is 2.83 bits per heavy atom. The van der Waals surface area contributed by atoms with Crippen LogP contribution in [-0.2, 0) is 13.0 Å². The lowest BCUT2D eigenvalue weighted by atomic mass is 10.0. The molecule has 5 heteroatoms. The molecule has 1 N–H and O–H groups in total. The summed E-state index contributed by atoms with van der Waals surface area (Å²) in [7, 11) is 0. The van der Waals surface area contributed by atoms with Crippen LogP contribution in [0.15, 0.2) is 48.7 Å². The Hall–Kier alpha value is -2.63. The summed E-state index contributed by atoms with van der Waals surface area (Å²) in [6.07, 6.45) is 2.88. The van der Waals surface area contributed by atoms with E-state index in [9.17, 15) is 4.79 Å². The molecule has 1 fully saturated rings. The number of hydrogen-bond donors (Lipinski definition) is 1. The highest BCUT2D eigenvalue weighted by molar-refractivity contribution is 6.10. The Bertz CT molecular complexity index is 1030. The van der Waals surface area contributed by atoms with Crippen molar-refractivity contribution in [2.24, 2.45) is 0 Å². The number of ether oxygens (including phenoxy) is 1. The first-order valence-electron chi connectivity index (χ1n) is 10.5. The van der Waals surface area contributed by atoms with E-state index < -0.39 is 0 Å². The number of nitrogens with one attached hydrogen (secondary N) is 1. The first kappa shape index (κ1) is 18.4. The number of carbonyl (C=O) groups is 1. The average Bonchev–Trinajstić information content (AvgIpc) is 3.40. The predicted molar refractivity (Wildman–Crippen MR) is 115 cm³/mol. The lowest BCUT2D eigenvalue weighted by molar-refractivity contribution is 0.0689. The number of Topliss-reactive ketones (excluding diaryl/α,β-unsaturated/α-hetero) is 1. The zero-order chi connectivity index (χ0) is 19.8. The topological polar surface area (TPSA) is 48.6 Å². The zero-order valence-corrected chi connectivity index (χ0v) is 16.9. The van der Waals surface area contributed by atoms with Crippen molar-refractivity contribution in [2.45, 2.75) is 25.9 Å². The standard InChI is InChI=1S/C24H27N3O2/c1-17(24(28)21-15-25-22-5-3-2-4-20(21)22)27-11-9-26(10-12-27)16-18-6-7-23-19(14-18)8-13-29-23/h2-7,14-15,17,25H,8-13,16H2,1H3/t17-/m0/s1. The maximum Gasteiger partial charge on any atom is 0.181 e. The molecule has 0 aliphatic carbocycles. The summed E-state index contributed by atoms with van der Waals surface area (Å²) in [4.78, 5) is 21.1. The van der Waals surface area contributed by atoms with Gasteiger partial charge < -0.3 is 9.72 Å². The molecule has 29 heavy (non-hydrogen) atoms. The average molecular weight is 389 g/mol. The number of piperazine rings is 1. The normalized spacial score (nSPS) is 18.5. The van der Waals surface area contributed by atoms with E-state index in [1.807, 2.05) is 37.4 Å². The third-order valence-electron chi connectivity index (χ3n) is 6.35. The van der Waals surface area contributed by atoms with Gasteiger partial charge in [0, 0.05) is 61.8 Å². The number of carbonyl (C=O) groups excluding carboxylic acids is 1. The Morgan fingerprint density at radius 2 is 1.97 bits per heavy atom. The summed E-state index contributed by atoms with van der Waals surface area (Å²) >= 11 is 0. The van der Waals surface area contributed by atoms with E-state index in [1.54, 1.807) is 0 Å². The molecule has 2 aromatic carbocycles. The molecule has 0 spiro atoms. The lowest BCUT2D eigenvalue weighted by Crippen LogP contribution is -2.51. The largest absolute Gasteiger partial charge is 0.493 e. The molecule has 5 nitrogen and oxygen atoms in total. The van der Waals surface area contributed by atoms with Crippen LogP contribution < -0.4 is 4.74 Å². The first-order chi connectivity index (χ1) is 14.2. The van der Waals surface area contributed by atoms with Gasteiger partial charge in [-0.1, -0.05) is 30.3 Å². The summed E-state index contributed by atoms with van der Waals surface area (Å²) in [5, 5.41) is 1.02. The summed E-state index contributed by atoms with van der Waals surface area (Å²) in [5.74, 6) is 1.25. The van der Waals surface area contributed by atoms with Crippen LogP contribution in [0.1, 0.15) is 28.4 Å². The zero-order valence-electron chi connectivity index (χ0n) is 16.9. The molecule has 1 aromatic heterocycles. The number of ketones is 1. The fourth-order valence-electron chi connectivity index (χ4n) is 4.57. The summed E-state index contributed by atoms with van der Waals surface area (Å²) in [6.45, 7) is 7.62. The number of fused-ring (bicyclic) bond motifs is 2. The van der Waals surface area contributed by atoms with Gasteiger partial charge in [0.1, 0.15) is 5.75 Å². The number of benzene rings is 2. The molecule has 0 bridgehead atoms. The Kier molecular flexibility index (Phi) is 4.86. The van der Waals surface area contributed by atoms with Crippen LogP contribution in [0, 0.1) is 0 Å². The maximum atomic E-state index is 13.1. The maximum absolute atomic E-state index is 13.1. The monoisotopic (exact) mass is 389 g/mol. The Labute approximate surface area is 171 Å². The third-order valence-corrected chi connectivity index (χ3v) is 6.35. The van der Waals surface area contributed by atoms with E-state index in [-0.39, 0.29) is 11.8 Å². The van der Waals surface area contributed by atoms with Crippen LogP contribution >= 0.6 is 0 Å².